The number of hydrogen-bond donors (Lipinski definition) is 1. The lowest BCUT2D eigenvalue weighted by Crippen LogP contribution is -2.28. The van der Waals surface area contributed by atoms with Crippen LogP contribution in [-0.4, -0.2) is 6.04 Å². The van der Waals surface area contributed by atoms with E-state index in [0.717, 1.165) is 6.04 Å². The molecule has 1 aromatic rings. The molecule has 0 bridgehead atoms. The lowest BCUT2D eigenvalue weighted by Gasteiger charge is -2.19. The predicted molar refractivity (Wildman–Crippen MR) is 73.0 cm³/mol. The van der Waals surface area contributed by atoms with E-state index < -0.39 is 0 Å². The molecule has 1 aliphatic carbocycles. The molecule has 0 saturated heterocycles. The van der Waals surface area contributed by atoms with Crippen molar-refractivity contribution in [3.05, 3.63) is 33.4 Å². The minimum atomic E-state index is 0.491. The van der Waals surface area contributed by atoms with E-state index in [0.29, 0.717) is 6.04 Å². The molecule has 1 saturated carbocycles. The Hall–Kier alpha value is -0.0900. The maximum absolute atomic E-state index is 3.71. The molecule has 2 rings (SSSR count). The van der Waals surface area contributed by atoms with Crippen LogP contribution in [0.15, 0.2) is 24.3 Å². The molecule has 1 aliphatic rings. The van der Waals surface area contributed by atoms with E-state index in [1.165, 1.54) is 34.8 Å². The Kier molecular flexibility index (Phi) is 4.03. The topological polar surface area (TPSA) is 12.0 Å². The Morgan fingerprint density at radius 3 is 2.40 bits per heavy atom. The summed E-state index contributed by atoms with van der Waals surface area (Å²) in [6.07, 6.45) is 5.51. The molecule has 1 fully saturated rings. The van der Waals surface area contributed by atoms with Crippen molar-refractivity contribution in [2.24, 2.45) is 0 Å². The maximum Gasteiger partial charge on any atom is 0.0294 e. The van der Waals surface area contributed by atoms with Crippen molar-refractivity contribution in [3.8, 4) is 0 Å². The van der Waals surface area contributed by atoms with Gasteiger partial charge in [-0.15, -0.1) is 0 Å². The lowest BCUT2D eigenvalue weighted by atomic mass is 10.1. The quantitative estimate of drug-likeness (QED) is 0.835. The molecule has 15 heavy (non-hydrogen) atoms. The van der Waals surface area contributed by atoms with E-state index >= 15 is 0 Å². The summed E-state index contributed by atoms with van der Waals surface area (Å²) in [7, 11) is 0. The van der Waals surface area contributed by atoms with Gasteiger partial charge in [-0.3, -0.25) is 0 Å². The molecule has 0 amide bonds. The van der Waals surface area contributed by atoms with Gasteiger partial charge in [0.15, 0.2) is 0 Å². The third-order valence-electron chi connectivity index (χ3n) is 3.21. The van der Waals surface area contributed by atoms with Crippen LogP contribution in [0.3, 0.4) is 0 Å². The smallest absolute Gasteiger partial charge is 0.0294 e. The molecule has 0 aromatic heterocycles. The van der Waals surface area contributed by atoms with Crippen molar-refractivity contribution in [1.82, 2.24) is 5.32 Å². The van der Waals surface area contributed by atoms with Crippen LogP contribution in [0.2, 0.25) is 0 Å². The van der Waals surface area contributed by atoms with Crippen LogP contribution in [0, 0.1) is 3.57 Å². The SMILES string of the molecule is C[C@@H](NC1CCCC1)c1ccc(I)cc1. The molecule has 0 radical (unpaired) electrons. The largest absolute Gasteiger partial charge is 0.307 e. The average Bonchev–Trinajstić information content (AvgIpc) is 2.71. The highest BCUT2D eigenvalue weighted by atomic mass is 127. The molecule has 1 aromatic carbocycles. The zero-order valence-electron chi connectivity index (χ0n) is 9.17. The average molecular weight is 315 g/mol. The van der Waals surface area contributed by atoms with Crippen LogP contribution < -0.4 is 5.32 Å². The first-order chi connectivity index (χ1) is 7.25. The molecule has 82 valence electrons. The number of hydrogen-bond acceptors (Lipinski definition) is 1. The van der Waals surface area contributed by atoms with Gasteiger partial charge in [-0.25, -0.2) is 0 Å². The fourth-order valence-electron chi connectivity index (χ4n) is 2.29. The van der Waals surface area contributed by atoms with Crippen LogP contribution in [0.1, 0.15) is 44.2 Å². The van der Waals surface area contributed by atoms with Gasteiger partial charge < -0.3 is 5.32 Å². The molecule has 1 atom stereocenters. The van der Waals surface area contributed by atoms with E-state index in [1.54, 1.807) is 0 Å². The van der Waals surface area contributed by atoms with Crippen LogP contribution in [0.5, 0.6) is 0 Å². The van der Waals surface area contributed by atoms with Crippen molar-refractivity contribution < 1.29 is 0 Å². The minimum absolute atomic E-state index is 0.491. The first-order valence-corrected chi connectivity index (χ1v) is 6.85. The second-order valence-electron chi connectivity index (χ2n) is 4.42. The van der Waals surface area contributed by atoms with Crippen LogP contribution in [0.4, 0.5) is 0 Å². The zero-order valence-corrected chi connectivity index (χ0v) is 11.3. The number of benzene rings is 1. The van der Waals surface area contributed by atoms with Gasteiger partial charge >= 0.3 is 0 Å². The lowest BCUT2D eigenvalue weighted by molar-refractivity contribution is 0.461. The summed E-state index contributed by atoms with van der Waals surface area (Å²) >= 11 is 2.35. The normalized spacial score (nSPS) is 19.3. The molecule has 1 nitrogen and oxygen atoms in total. The number of nitrogens with one attached hydrogen (secondary N) is 1. The van der Waals surface area contributed by atoms with Gasteiger partial charge in [-0.1, -0.05) is 25.0 Å². The van der Waals surface area contributed by atoms with Gasteiger partial charge in [-0.2, -0.15) is 0 Å². The van der Waals surface area contributed by atoms with Crippen molar-refractivity contribution in [1.29, 1.82) is 0 Å². The summed E-state index contributed by atoms with van der Waals surface area (Å²) in [6, 6.07) is 10.1. The molecule has 0 heterocycles. The summed E-state index contributed by atoms with van der Waals surface area (Å²) in [5.74, 6) is 0. The van der Waals surface area contributed by atoms with Gasteiger partial charge in [0.05, 0.1) is 0 Å². The van der Waals surface area contributed by atoms with Crippen LogP contribution in [0.25, 0.3) is 0 Å². The fraction of sp³-hybridized carbons (Fsp3) is 0.538. The first kappa shape index (κ1) is 11.4. The summed E-state index contributed by atoms with van der Waals surface area (Å²) in [5, 5.41) is 3.71. The third-order valence-corrected chi connectivity index (χ3v) is 3.93. The predicted octanol–water partition coefficient (Wildman–Crippen LogP) is 3.88. The molecule has 2 heteroatoms. The molecule has 0 unspecified atom stereocenters. The molecule has 1 N–H and O–H groups in total. The highest BCUT2D eigenvalue weighted by Crippen LogP contribution is 2.22. The summed E-state index contributed by atoms with van der Waals surface area (Å²) < 4.78 is 1.31. The summed E-state index contributed by atoms with van der Waals surface area (Å²) in [6.45, 7) is 2.26. The molecule has 0 spiro atoms. The monoisotopic (exact) mass is 315 g/mol. The summed E-state index contributed by atoms with van der Waals surface area (Å²) in [4.78, 5) is 0. The Labute approximate surface area is 106 Å². The van der Waals surface area contributed by atoms with Crippen molar-refractivity contribution >= 4 is 22.6 Å². The highest BCUT2D eigenvalue weighted by molar-refractivity contribution is 14.1. The highest BCUT2D eigenvalue weighted by Gasteiger charge is 2.17. The van der Waals surface area contributed by atoms with E-state index in [-0.39, 0.29) is 0 Å². The van der Waals surface area contributed by atoms with Gasteiger partial charge in [0, 0.05) is 15.7 Å². The van der Waals surface area contributed by atoms with Gasteiger partial charge in [0.1, 0.15) is 0 Å². The second-order valence-corrected chi connectivity index (χ2v) is 5.67. The molecular weight excluding hydrogens is 297 g/mol. The standard InChI is InChI=1S/C13H18IN/c1-10(15-13-4-2-3-5-13)11-6-8-12(14)9-7-11/h6-10,13,15H,2-5H2,1H3/t10-/m1/s1. The second kappa shape index (κ2) is 5.30. The van der Waals surface area contributed by atoms with E-state index in [2.05, 4.69) is 59.1 Å². The van der Waals surface area contributed by atoms with E-state index in [4.69, 9.17) is 0 Å². The minimum Gasteiger partial charge on any atom is -0.307 e. The number of rotatable bonds is 3. The van der Waals surface area contributed by atoms with Crippen molar-refractivity contribution in [2.75, 3.05) is 0 Å². The first-order valence-electron chi connectivity index (χ1n) is 5.77. The van der Waals surface area contributed by atoms with Gasteiger partial charge in [0.2, 0.25) is 0 Å². The number of halogens is 1. The van der Waals surface area contributed by atoms with Gasteiger partial charge in [0.25, 0.3) is 0 Å². The van der Waals surface area contributed by atoms with Crippen molar-refractivity contribution in [3.63, 3.8) is 0 Å². The van der Waals surface area contributed by atoms with E-state index in [1.807, 2.05) is 0 Å². The Bertz CT molecular complexity index is 301. The van der Waals surface area contributed by atoms with Crippen molar-refractivity contribution in [2.45, 2.75) is 44.7 Å². The van der Waals surface area contributed by atoms with Gasteiger partial charge in [-0.05, 0) is 60.1 Å². The Balaban J connectivity index is 1.94. The Morgan fingerprint density at radius 1 is 1.20 bits per heavy atom. The zero-order chi connectivity index (χ0) is 10.7. The third kappa shape index (κ3) is 3.18. The van der Waals surface area contributed by atoms with Crippen LogP contribution in [-0.2, 0) is 0 Å². The van der Waals surface area contributed by atoms with Crippen LogP contribution >= 0.6 is 22.6 Å². The van der Waals surface area contributed by atoms with E-state index in [9.17, 15) is 0 Å². The summed E-state index contributed by atoms with van der Waals surface area (Å²) in [5.41, 5.74) is 1.40. The maximum atomic E-state index is 3.71. The Morgan fingerprint density at radius 2 is 1.80 bits per heavy atom. The molecule has 0 aliphatic heterocycles. The fourth-order valence-corrected chi connectivity index (χ4v) is 2.65. The molecular formula is C13H18IN.